The summed E-state index contributed by atoms with van der Waals surface area (Å²) in [4.78, 5) is 6.81. The molecule has 32 heavy (non-hydrogen) atoms. The van der Waals surface area contributed by atoms with Gasteiger partial charge in [-0.25, -0.2) is 4.68 Å². The lowest BCUT2D eigenvalue weighted by molar-refractivity contribution is 0.116. The van der Waals surface area contributed by atoms with Crippen molar-refractivity contribution in [2.45, 2.75) is 32.4 Å². The van der Waals surface area contributed by atoms with Crippen molar-refractivity contribution in [3.63, 3.8) is 0 Å². The van der Waals surface area contributed by atoms with Crippen LogP contribution in [0.4, 0.5) is 8.78 Å². The van der Waals surface area contributed by atoms with Crippen molar-refractivity contribution in [2.24, 2.45) is 0 Å². The van der Waals surface area contributed by atoms with Crippen LogP contribution in [0.1, 0.15) is 36.4 Å². The molecular weight excluding hydrogens is 416 g/mol. The summed E-state index contributed by atoms with van der Waals surface area (Å²) in [5.74, 6) is -0.695. The van der Waals surface area contributed by atoms with Crippen LogP contribution >= 0.6 is 0 Å². The first-order valence-corrected chi connectivity index (χ1v) is 10.4. The predicted octanol–water partition coefficient (Wildman–Crippen LogP) is 3.97. The number of hydrogen-bond acceptors (Lipinski definition) is 7. The van der Waals surface area contributed by atoms with Crippen LogP contribution < -0.4 is 0 Å². The van der Waals surface area contributed by atoms with E-state index in [1.807, 2.05) is 6.20 Å². The number of hydrogen-bond donors (Lipinski definition) is 0. The van der Waals surface area contributed by atoms with Gasteiger partial charge in [-0.2, -0.15) is 8.78 Å². The molecule has 0 N–H and O–H groups in total. The molecule has 0 saturated carbocycles. The third-order valence-electron chi connectivity index (χ3n) is 5.42. The van der Waals surface area contributed by atoms with Gasteiger partial charge in [0.25, 0.3) is 5.89 Å². The van der Waals surface area contributed by atoms with Crippen molar-refractivity contribution in [1.82, 2.24) is 35.1 Å². The van der Waals surface area contributed by atoms with E-state index in [0.29, 0.717) is 12.1 Å². The second-order valence-corrected chi connectivity index (χ2v) is 7.77. The second-order valence-electron chi connectivity index (χ2n) is 7.77. The van der Waals surface area contributed by atoms with Crippen LogP contribution in [0.25, 0.3) is 22.7 Å². The minimum atomic E-state index is -2.80. The zero-order valence-electron chi connectivity index (χ0n) is 17.2. The highest BCUT2D eigenvalue weighted by Gasteiger charge is 2.17. The van der Waals surface area contributed by atoms with Crippen LogP contribution in [-0.2, 0) is 13.1 Å². The van der Waals surface area contributed by atoms with Gasteiger partial charge >= 0.3 is 6.43 Å². The third-order valence-corrected chi connectivity index (χ3v) is 5.42. The molecular formula is C22H21F2N7O. The van der Waals surface area contributed by atoms with E-state index < -0.39 is 12.3 Å². The molecule has 1 aromatic carbocycles. The van der Waals surface area contributed by atoms with Gasteiger partial charge in [-0.15, -0.1) is 15.3 Å². The van der Waals surface area contributed by atoms with Crippen molar-refractivity contribution < 1.29 is 13.2 Å². The molecule has 8 nitrogen and oxygen atoms in total. The molecule has 0 aliphatic carbocycles. The molecule has 3 aromatic heterocycles. The fourth-order valence-electron chi connectivity index (χ4n) is 3.74. The lowest BCUT2D eigenvalue weighted by Gasteiger charge is -2.14. The van der Waals surface area contributed by atoms with Crippen LogP contribution in [0, 0.1) is 0 Å². The Bertz CT molecular complexity index is 1170. The third kappa shape index (κ3) is 4.54. The fourth-order valence-corrected chi connectivity index (χ4v) is 3.74. The number of halogens is 2. The Morgan fingerprint density at radius 2 is 1.69 bits per heavy atom. The average molecular weight is 437 g/mol. The zero-order chi connectivity index (χ0) is 21.9. The SMILES string of the molecule is FC(F)c1nnc(-c2ccc(Cn3cc(-c4ccc(CN5CCCC5)cc4)nn3)nc2)o1. The van der Waals surface area contributed by atoms with Crippen molar-refractivity contribution >= 4 is 0 Å². The van der Waals surface area contributed by atoms with Crippen LogP contribution in [0.5, 0.6) is 0 Å². The van der Waals surface area contributed by atoms with Gasteiger partial charge < -0.3 is 4.42 Å². The first-order chi connectivity index (χ1) is 15.6. The van der Waals surface area contributed by atoms with Gasteiger partial charge in [0.1, 0.15) is 5.69 Å². The predicted molar refractivity (Wildman–Crippen MR) is 112 cm³/mol. The van der Waals surface area contributed by atoms with Crippen LogP contribution in [-0.4, -0.2) is 48.2 Å². The van der Waals surface area contributed by atoms with Crippen LogP contribution in [0.3, 0.4) is 0 Å². The fraction of sp³-hybridized carbons (Fsp3) is 0.318. The number of rotatable bonds is 7. The van der Waals surface area contributed by atoms with E-state index in [0.717, 1.165) is 23.5 Å². The molecule has 0 amide bonds. The molecule has 10 heteroatoms. The maximum Gasteiger partial charge on any atom is 0.314 e. The number of nitrogens with zero attached hydrogens (tertiary/aromatic N) is 7. The summed E-state index contributed by atoms with van der Waals surface area (Å²) >= 11 is 0. The summed E-state index contributed by atoms with van der Waals surface area (Å²) in [7, 11) is 0. The highest BCUT2D eigenvalue weighted by atomic mass is 19.3. The van der Waals surface area contributed by atoms with E-state index in [1.165, 1.54) is 37.7 Å². The van der Waals surface area contributed by atoms with E-state index in [1.54, 1.807) is 16.8 Å². The Labute approximate surface area is 182 Å². The monoisotopic (exact) mass is 437 g/mol. The van der Waals surface area contributed by atoms with Gasteiger partial charge in [0, 0.05) is 18.3 Å². The van der Waals surface area contributed by atoms with Crippen molar-refractivity contribution in [1.29, 1.82) is 0 Å². The average Bonchev–Trinajstić information content (AvgIpc) is 3.57. The lowest BCUT2D eigenvalue weighted by Crippen LogP contribution is -2.18. The molecule has 5 rings (SSSR count). The Morgan fingerprint density at radius 1 is 0.906 bits per heavy atom. The summed E-state index contributed by atoms with van der Waals surface area (Å²) in [5, 5.41) is 15.4. The highest BCUT2D eigenvalue weighted by Crippen LogP contribution is 2.23. The minimum Gasteiger partial charge on any atom is -0.415 e. The van der Waals surface area contributed by atoms with Gasteiger partial charge in [-0.3, -0.25) is 9.88 Å². The highest BCUT2D eigenvalue weighted by molar-refractivity contribution is 5.58. The molecule has 4 aromatic rings. The summed E-state index contributed by atoms with van der Waals surface area (Å²) in [5.41, 5.74) is 4.31. The first kappa shape index (κ1) is 20.4. The van der Waals surface area contributed by atoms with E-state index in [-0.39, 0.29) is 5.89 Å². The Balaban J connectivity index is 1.23. The van der Waals surface area contributed by atoms with Crippen LogP contribution in [0.15, 0.2) is 53.2 Å². The molecule has 0 atom stereocenters. The number of aromatic nitrogens is 6. The Kier molecular flexibility index (Phi) is 5.68. The largest absolute Gasteiger partial charge is 0.415 e. The number of alkyl halides is 2. The standard InChI is InChI=1S/C22H21F2N7O/c23-20(24)22-28-27-21(32-22)17-7-8-18(25-11-17)13-31-14-19(26-29-31)16-5-3-15(4-6-16)12-30-9-1-2-10-30/h3-8,11,14,20H,1-2,9-10,12-13H2. The number of benzene rings is 1. The van der Waals surface area contributed by atoms with Gasteiger partial charge in [0.15, 0.2) is 0 Å². The topological polar surface area (TPSA) is 85.8 Å². The van der Waals surface area contributed by atoms with Crippen molar-refractivity contribution in [2.75, 3.05) is 13.1 Å². The molecule has 1 saturated heterocycles. The van der Waals surface area contributed by atoms with E-state index in [4.69, 9.17) is 4.42 Å². The molecule has 0 unspecified atom stereocenters. The van der Waals surface area contributed by atoms with Gasteiger partial charge in [-0.1, -0.05) is 29.5 Å². The molecule has 164 valence electrons. The smallest absolute Gasteiger partial charge is 0.314 e. The molecule has 1 fully saturated rings. The minimum absolute atomic E-state index is 0.00979. The quantitative estimate of drug-likeness (QED) is 0.432. The summed E-state index contributed by atoms with van der Waals surface area (Å²) < 4.78 is 31.8. The second kappa shape index (κ2) is 8.91. The molecule has 0 bridgehead atoms. The zero-order valence-corrected chi connectivity index (χ0v) is 17.2. The van der Waals surface area contributed by atoms with Crippen molar-refractivity contribution in [3.8, 4) is 22.7 Å². The summed E-state index contributed by atoms with van der Waals surface area (Å²) in [6.07, 6.45) is 3.16. The molecule has 0 radical (unpaired) electrons. The Morgan fingerprint density at radius 3 is 2.38 bits per heavy atom. The normalized spacial score (nSPS) is 14.5. The van der Waals surface area contributed by atoms with Gasteiger partial charge in [0.05, 0.1) is 24.0 Å². The lowest BCUT2D eigenvalue weighted by atomic mass is 10.1. The Hall–Kier alpha value is -3.53. The van der Waals surface area contributed by atoms with Gasteiger partial charge in [-0.05, 0) is 43.6 Å². The summed E-state index contributed by atoms with van der Waals surface area (Å²) in [6.45, 7) is 3.77. The van der Waals surface area contributed by atoms with Gasteiger partial charge in [0.2, 0.25) is 5.89 Å². The van der Waals surface area contributed by atoms with E-state index in [2.05, 4.69) is 54.7 Å². The molecule has 4 heterocycles. The molecule has 0 spiro atoms. The first-order valence-electron chi connectivity index (χ1n) is 10.4. The maximum absolute atomic E-state index is 12.6. The van der Waals surface area contributed by atoms with E-state index in [9.17, 15) is 8.78 Å². The van der Waals surface area contributed by atoms with Crippen molar-refractivity contribution in [3.05, 3.63) is 65.9 Å². The van der Waals surface area contributed by atoms with E-state index >= 15 is 0 Å². The molecule has 1 aliphatic rings. The van der Waals surface area contributed by atoms with Crippen LogP contribution in [0.2, 0.25) is 0 Å². The number of pyridine rings is 1. The number of likely N-dealkylation sites (tertiary alicyclic amines) is 1. The maximum atomic E-state index is 12.6. The molecule has 1 aliphatic heterocycles. The summed E-state index contributed by atoms with van der Waals surface area (Å²) in [6, 6.07) is 11.9.